The molecule has 2 fully saturated rings. The molecule has 0 aliphatic carbocycles. The summed E-state index contributed by atoms with van der Waals surface area (Å²) in [5.74, 6) is 0.380. The van der Waals surface area contributed by atoms with E-state index in [2.05, 4.69) is 0 Å². The topological polar surface area (TPSA) is 61.8 Å². The molecular formula is C14H18O5S. The quantitative estimate of drug-likeness (QED) is 0.794. The summed E-state index contributed by atoms with van der Waals surface area (Å²) in [6.07, 6.45) is 1.40. The molecule has 0 amide bonds. The largest absolute Gasteiger partial charge is 0.352 e. The number of benzene rings is 1. The predicted octanol–water partition coefficient (Wildman–Crippen LogP) is 1.85. The van der Waals surface area contributed by atoms with Gasteiger partial charge in [0.25, 0.3) is 10.1 Å². The summed E-state index contributed by atoms with van der Waals surface area (Å²) in [6.45, 7) is 2.68. The molecule has 3 rings (SSSR count). The molecule has 110 valence electrons. The molecule has 0 bridgehead atoms. The van der Waals surface area contributed by atoms with Crippen LogP contribution in [0, 0.1) is 12.8 Å². The van der Waals surface area contributed by atoms with E-state index >= 15 is 0 Å². The highest BCUT2D eigenvalue weighted by Crippen LogP contribution is 2.35. The van der Waals surface area contributed by atoms with Crippen molar-refractivity contribution < 1.29 is 22.1 Å². The molecule has 2 saturated heterocycles. The van der Waals surface area contributed by atoms with Gasteiger partial charge in [-0.05, 0) is 31.9 Å². The maximum atomic E-state index is 12.0. The van der Waals surface area contributed by atoms with Gasteiger partial charge in [-0.1, -0.05) is 17.7 Å². The van der Waals surface area contributed by atoms with Crippen LogP contribution in [-0.2, 0) is 23.8 Å². The summed E-state index contributed by atoms with van der Waals surface area (Å²) < 4.78 is 40.2. The van der Waals surface area contributed by atoms with Crippen LogP contribution in [0.25, 0.3) is 0 Å². The van der Waals surface area contributed by atoms with Crippen molar-refractivity contribution >= 4 is 10.1 Å². The molecule has 6 heteroatoms. The summed E-state index contributed by atoms with van der Waals surface area (Å²) in [5, 5.41) is 0. The first-order valence-electron chi connectivity index (χ1n) is 6.78. The second kappa shape index (κ2) is 5.44. The van der Waals surface area contributed by atoms with E-state index < -0.39 is 10.1 Å². The maximum Gasteiger partial charge on any atom is 0.297 e. The molecule has 0 N–H and O–H groups in total. The van der Waals surface area contributed by atoms with Crippen LogP contribution in [0.4, 0.5) is 0 Å². The molecule has 1 aromatic rings. The lowest BCUT2D eigenvalue weighted by molar-refractivity contribution is -0.122. The van der Waals surface area contributed by atoms with Gasteiger partial charge in [0.1, 0.15) is 0 Å². The van der Waals surface area contributed by atoms with Gasteiger partial charge in [0.2, 0.25) is 0 Å². The van der Waals surface area contributed by atoms with Gasteiger partial charge < -0.3 is 9.47 Å². The highest BCUT2D eigenvalue weighted by Gasteiger charge is 2.40. The normalized spacial score (nSPS) is 29.6. The Hall–Kier alpha value is -0.950. The van der Waals surface area contributed by atoms with Crippen molar-refractivity contribution in [3.8, 4) is 0 Å². The predicted molar refractivity (Wildman–Crippen MR) is 71.7 cm³/mol. The molecule has 0 aromatic heterocycles. The Labute approximate surface area is 119 Å². The molecule has 0 spiro atoms. The van der Waals surface area contributed by atoms with Crippen LogP contribution in [0.15, 0.2) is 29.2 Å². The summed E-state index contributed by atoms with van der Waals surface area (Å²) >= 11 is 0. The van der Waals surface area contributed by atoms with Gasteiger partial charge in [-0.15, -0.1) is 0 Å². The molecule has 5 nitrogen and oxygen atoms in total. The molecule has 2 heterocycles. The van der Waals surface area contributed by atoms with E-state index in [1.54, 1.807) is 24.3 Å². The highest BCUT2D eigenvalue weighted by molar-refractivity contribution is 7.86. The second-order valence-corrected chi connectivity index (χ2v) is 6.95. The Bertz CT molecular complexity index is 554. The minimum atomic E-state index is -3.71. The van der Waals surface area contributed by atoms with Crippen LogP contribution in [0.5, 0.6) is 0 Å². The van der Waals surface area contributed by atoms with Crippen LogP contribution >= 0.6 is 0 Å². The van der Waals surface area contributed by atoms with E-state index in [1.165, 1.54) is 0 Å². The van der Waals surface area contributed by atoms with E-state index in [0.29, 0.717) is 5.92 Å². The summed E-state index contributed by atoms with van der Waals surface area (Å²) in [4.78, 5) is 0.178. The first kappa shape index (κ1) is 14.0. The van der Waals surface area contributed by atoms with Crippen molar-refractivity contribution in [1.29, 1.82) is 0 Å². The third kappa shape index (κ3) is 2.88. The smallest absolute Gasteiger partial charge is 0.297 e. The fraction of sp³-hybridized carbons (Fsp3) is 0.571. The lowest BCUT2D eigenvalue weighted by Gasteiger charge is -2.12. The number of rotatable bonds is 4. The van der Waals surface area contributed by atoms with Crippen molar-refractivity contribution in [1.82, 2.24) is 0 Å². The second-order valence-electron chi connectivity index (χ2n) is 5.33. The summed E-state index contributed by atoms with van der Waals surface area (Å²) in [6, 6.07) is 6.61. The van der Waals surface area contributed by atoms with Crippen molar-refractivity contribution in [2.75, 3.05) is 13.2 Å². The lowest BCUT2D eigenvalue weighted by atomic mass is 10.0. The average Bonchev–Trinajstić information content (AvgIpc) is 2.97. The van der Waals surface area contributed by atoms with Gasteiger partial charge in [-0.2, -0.15) is 8.42 Å². The van der Waals surface area contributed by atoms with Gasteiger partial charge in [0, 0.05) is 5.92 Å². The van der Waals surface area contributed by atoms with E-state index in [1.807, 2.05) is 6.92 Å². The number of aryl methyl sites for hydroxylation is 1. The van der Waals surface area contributed by atoms with E-state index in [0.717, 1.165) is 25.0 Å². The highest BCUT2D eigenvalue weighted by atomic mass is 32.2. The first-order chi connectivity index (χ1) is 9.54. The van der Waals surface area contributed by atoms with Crippen LogP contribution in [-0.4, -0.2) is 34.0 Å². The zero-order chi connectivity index (χ0) is 14.2. The minimum absolute atomic E-state index is 0.0482. The van der Waals surface area contributed by atoms with Crippen molar-refractivity contribution in [2.45, 2.75) is 37.1 Å². The van der Waals surface area contributed by atoms with Gasteiger partial charge in [0.15, 0.2) is 6.29 Å². The minimum Gasteiger partial charge on any atom is -0.352 e. The van der Waals surface area contributed by atoms with Crippen LogP contribution in [0.2, 0.25) is 0 Å². The third-order valence-electron chi connectivity index (χ3n) is 3.77. The first-order valence-corrected chi connectivity index (χ1v) is 8.18. The molecule has 2 aliphatic heterocycles. The monoisotopic (exact) mass is 298 g/mol. The molecule has 0 radical (unpaired) electrons. The SMILES string of the molecule is Cc1ccc(S(=O)(=O)OCC2CC3CCOC3O2)cc1. The third-order valence-corrected chi connectivity index (χ3v) is 5.06. The maximum absolute atomic E-state index is 12.0. The Kier molecular flexibility index (Phi) is 3.81. The van der Waals surface area contributed by atoms with E-state index in [9.17, 15) is 8.42 Å². The number of ether oxygens (including phenoxy) is 2. The summed E-state index contributed by atoms with van der Waals surface area (Å²) in [7, 11) is -3.71. The standard InChI is InChI=1S/C14H18O5S/c1-10-2-4-13(5-3-10)20(15,16)18-9-12-8-11-6-7-17-14(11)19-12/h2-5,11-12,14H,6-9H2,1H3. The zero-order valence-electron chi connectivity index (χ0n) is 11.3. The molecule has 3 unspecified atom stereocenters. The Morgan fingerprint density at radius 1 is 1.30 bits per heavy atom. The number of hydrogen-bond donors (Lipinski definition) is 0. The van der Waals surface area contributed by atoms with Gasteiger partial charge in [0.05, 0.1) is 24.2 Å². The van der Waals surface area contributed by atoms with Crippen molar-refractivity contribution in [2.24, 2.45) is 5.92 Å². The Balaban J connectivity index is 1.59. The van der Waals surface area contributed by atoms with Crippen molar-refractivity contribution in [3.05, 3.63) is 29.8 Å². The van der Waals surface area contributed by atoms with Crippen LogP contribution in [0.1, 0.15) is 18.4 Å². The van der Waals surface area contributed by atoms with Gasteiger partial charge in [-0.3, -0.25) is 4.18 Å². The van der Waals surface area contributed by atoms with E-state index in [-0.39, 0.29) is 23.9 Å². The molecule has 0 saturated carbocycles. The number of hydrogen-bond acceptors (Lipinski definition) is 5. The molecule has 3 atom stereocenters. The number of fused-ring (bicyclic) bond motifs is 1. The Morgan fingerprint density at radius 2 is 2.05 bits per heavy atom. The molecule has 1 aromatic carbocycles. The lowest BCUT2D eigenvalue weighted by Crippen LogP contribution is -2.20. The van der Waals surface area contributed by atoms with E-state index in [4.69, 9.17) is 13.7 Å². The van der Waals surface area contributed by atoms with Crippen LogP contribution < -0.4 is 0 Å². The fourth-order valence-corrected chi connectivity index (χ4v) is 3.55. The average molecular weight is 298 g/mol. The van der Waals surface area contributed by atoms with Gasteiger partial charge in [-0.25, -0.2) is 0 Å². The molecular weight excluding hydrogens is 280 g/mol. The summed E-state index contributed by atoms with van der Waals surface area (Å²) in [5.41, 5.74) is 1.01. The molecule has 2 aliphatic rings. The fourth-order valence-electron chi connectivity index (χ4n) is 2.62. The van der Waals surface area contributed by atoms with Gasteiger partial charge >= 0.3 is 0 Å². The Morgan fingerprint density at radius 3 is 2.75 bits per heavy atom. The zero-order valence-corrected chi connectivity index (χ0v) is 12.1. The molecule has 20 heavy (non-hydrogen) atoms. The van der Waals surface area contributed by atoms with Crippen LogP contribution in [0.3, 0.4) is 0 Å². The van der Waals surface area contributed by atoms with Crippen molar-refractivity contribution in [3.63, 3.8) is 0 Å².